The lowest BCUT2D eigenvalue weighted by Gasteiger charge is -2.63. The van der Waals surface area contributed by atoms with Gasteiger partial charge in [0.2, 0.25) is 0 Å². The molecule has 0 bridgehead atoms. The summed E-state index contributed by atoms with van der Waals surface area (Å²) in [5.41, 5.74) is 3.74. The van der Waals surface area contributed by atoms with Gasteiger partial charge >= 0.3 is 0 Å². The first-order chi connectivity index (χ1) is 15.4. The molecule has 10 atom stereocenters. The molecule has 0 aliphatic heterocycles. The molecular weight excluding hydrogens is 400 g/mol. The fraction of sp³-hybridized carbons (Fsp3) is 0.938. The van der Waals surface area contributed by atoms with E-state index in [1.165, 1.54) is 76.2 Å². The Morgan fingerprint density at radius 1 is 0.879 bits per heavy atom. The standard InChI is InChI=1S/C32H54O/c1-9-23(21(2)3)11-10-22(4)24-14-16-30(8)26-13-12-25-28(5,6)27(33)15-17-31(25)20-32(26,31)19-18-29(24,30)7/h22-27,33H,2,9-20H2,1,3-8H3/t22-,23-,24-,25+,26+,27+,29-,30+,31-,32+/m1/s1. The number of hydrogen-bond donors (Lipinski definition) is 1. The van der Waals surface area contributed by atoms with Crippen molar-refractivity contribution < 1.29 is 5.11 Å². The Morgan fingerprint density at radius 3 is 2.21 bits per heavy atom. The normalized spacial score (nSPS) is 51.5. The van der Waals surface area contributed by atoms with Crippen LogP contribution in [0.4, 0.5) is 0 Å². The second-order valence-corrected chi connectivity index (χ2v) is 15.0. The summed E-state index contributed by atoms with van der Waals surface area (Å²) in [6.07, 6.45) is 16.4. The fourth-order valence-electron chi connectivity index (χ4n) is 11.8. The van der Waals surface area contributed by atoms with Crippen molar-refractivity contribution in [3.05, 3.63) is 12.2 Å². The summed E-state index contributed by atoms with van der Waals surface area (Å²) >= 11 is 0. The smallest absolute Gasteiger partial charge is 0.0594 e. The molecule has 0 saturated heterocycles. The molecule has 0 aromatic heterocycles. The van der Waals surface area contributed by atoms with Gasteiger partial charge in [0, 0.05) is 0 Å². The third kappa shape index (κ3) is 2.99. The minimum Gasteiger partial charge on any atom is -0.393 e. The highest BCUT2D eigenvalue weighted by Crippen LogP contribution is 2.89. The highest BCUT2D eigenvalue weighted by atomic mass is 16.3. The molecular formula is C32H54O. The van der Waals surface area contributed by atoms with Crippen LogP contribution in [0.3, 0.4) is 0 Å². The first-order valence-corrected chi connectivity index (χ1v) is 14.7. The first kappa shape index (κ1) is 24.4. The van der Waals surface area contributed by atoms with Crippen LogP contribution >= 0.6 is 0 Å². The van der Waals surface area contributed by atoms with Crippen LogP contribution in [0.2, 0.25) is 0 Å². The van der Waals surface area contributed by atoms with E-state index in [1.807, 2.05) is 0 Å². The summed E-state index contributed by atoms with van der Waals surface area (Å²) in [4.78, 5) is 0. The molecule has 188 valence electrons. The highest BCUT2D eigenvalue weighted by Gasteiger charge is 2.82. The highest BCUT2D eigenvalue weighted by molar-refractivity contribution is 5.30. The van der Waals surface area contributed by atoms with Gasteiger partial charge < -0.3 is 5.11 Å². The second-order valence-electron chi connectivity index (χ2n) is 15.0. The summed E-state index contributed by atoms with van der Waals surface area (Å²) in [6, 6.07) is 0. The van der Waals surface area contributed by atoms with E-state index in [-0.39, 0.29) is 11.5 Å². The molecule has 1 nitrogen and oxygen atoms in total. The summed E-state index contributed by atoms with van der Waals surface area (Å²) in [6.45, 7) is 21.7. The lowest BCUT2D eigenvalue weighted by molar-refractivity contribution is -0.161. The molecule has 5 rings (SSSR count). The van der Waals surface area contributed by atoms with Gasteiger partial charge in [-0.25, -0.2) is 0 Å². The Hall–Kier alpha value is -0.300. The minimum atomic E-state index is -0.0883. The maximum absolute atomic E-state index is 10.9. The van der Waals surface area contributed by atoms with Crippen LogP contribution in [0, 0.1) is 56.7 Å². The number of fused-ring (bicyclic) bond motifs is 2. The van der Waals surface area contributed by atoms with Crippen LogP contribution in [0.5, 0.6) is 0 Å². The van der Waals surface area contributed by atoms with E-state index >= 15 is 0 Å². The van der Waals surface area contributed by atoms with Gasteiger partial charge in [0.15, 0.2) is 0 Å². The molecule has 33 heavy (non-hydrogen) atoms. The monoisotopic (exact) mass is 454 g/mol. The lowest BCUT2D eigenvalue weighted by atomic mass is 9.41. The van der Waals surface area contributed by atoms with Crippen molar-refractivity contribution in [1.29, 1.82) is 0 Å². The van der Waals surface area contributed by atoms with Gasteiger partial charge in [-0.15, -0.1) is 0 Å². The van der Waals surface area contributed by atoms with Gasteiger partial charge in [-0.1, -0.05) is 53.7 Å². The first-order valence-electron chi connectivity index (χ1n) is 14.7. The van der Waals surface area contributed by atoms with Gasteiger partial charge in [-0.05, 0) is 141 Å². The van der Waals surface area contributed by atoms with Crippen molar-refractivity contribution in [3.8, 4) is 0 Å². The average molecular weight is 455 g/mol. The maximum Gasteiger partial charge on any atom is 0.0594 e. The average Bonchev–Trinajstić information content (AvgIpc) is 3.34. The Morgan fingerprint density at radius 2 is 1.55 bits per heavy atom. The molecule has 0 amide bonds. The Kier molecular flexibility index (Phi) is 5.62. The fourth-order valence-corrected chi connectivity index (χ4v) is 11.8. The molecule has 5 fully saturated rings. The molecule has 0 aromatic rings. The summed E-state index contributed by atoms with van der Waals surface area (Å²) in [5.74, 6) is 4.14. The Bertz CT molecular complexity index is 796. The zero-order valence-electron chi connectivity index (χ0n) is 23.1. The van der Waals surface area contributed by atoms with Crippen molar-refractivity contribution in [2.24, 2.45) is 56.7 Å². The van der Waals surface area contributed by atoms with E-state index < -0.39 is 0 Å². The molecule has 1 heteroatoms. The van der Waals surface area contributed by atoms with Crippen molar-refractivity contribution in [2.75, 3.05) is 0 Å². The quantitative estimate of drug-likeness (QED) is 0.397. The van der Waals surface area contributed by atoms with Crippen LogP contribution in [-0.4, -0.2) is 11.2 Å². The van der Waals surface area contributed by atoms with Gasteiger partial charge in [0.25, 0.3) is 0 Å². The molecule has 5 saturated carbocycles. The third-order valence-corrected chi connectivity index (χ3v) is 14.0. The van der Waals surface area contributed by atoms with Gasteiger partial charge in [0.05, 0.1) is 6.10 Å². The van der Waals surface area contributed by atoms with E-state index in [4.69, 9.17) is 0 Å². The predicted octanol–water partition coefficient (Wildman–Crippen LogP) is 8.81. The van der Waals surface area contributed by atoms with E-state index in [0.29, 0.717) is 27.6 Å². The molecule has 0 heterocycles. The van der Waals surface area contributed by atoms with E-state index in [1.54, 1.807) is 0 Å². The molecule has 0 aromatic carbocycles. The van der Waals surface area contributed by atoms with Gasteiger partial charge in [0.1, 0.15) is 0 Å². The van der Waals surface area contributed by atoms with Crippen LogP contribution in [0.15, 0.2) is 12.2 Å². The third-order valence-electron chi connectivity index (χ3n) is 14.0. The van der Waals surface area contributed by atoms with Crippen molar-refractivity contribution in [1.82, 2.24) is 0 Å². The van der Waals surface area contributed by atoms with Gasteiger partial charge in [-0.2, -0.15) is 0 Å². The van der Waals surface area contributed by atoms with Crippen LogP contribution in [-0.2, 0) is 0 Å². The molecule has 5 aliphatic carbocycles. The number of aliphatic hydroxyl groups excluding tert-OH is 1. The van der Waals surface area contributed by atoms with Crippen LogP contribution < -0.4 is 0 Å². The van der Waals surface area contributed by atoms with Crippen molar-refractivity contribution in [2.45, 2.75) is 132 Å². The zero-order chi connectivity index (χ0) is 24.0. The summed E-state index contributed by atoms with van der Waals surface area (Å²) < 4.78 is 0. The maximum atomic E-state index is 10.9. The topological polar surface area (TPSA) is 20.2 Å². The number of allylic oxidation sites excluding steroid dienone is 1. The predicted molar refractivity (Wildman–Crippen MR) is 140 cm³/mol. The molecule has 0 radical (unpaired) electrons. The molecule has 2 spiro atoms. The zero-order valence-corrected chi connectivity index (χ0v) is 23.1. The van der Waals surface area contributed by atoms with Crippen molar-refractivity contribution >= 4 is 0 Å². The minimum absolute atomic E-state index is 0.0883. The van der Waals surface area contributed by atoms with Crippen LogP contribution in [0.1, 0.15) is 126 Å². The second kappa shape index (κ2) is 7.60. The SMILES string of the molecule is C=C(C)[C@H](CC)CC[C@@H](C)[C@H]1CC[C@@]2(C)[C@@H]3CC[C@H]4C(C)(C)[C@@H](O)CC[C@@]45C[C@@]35CC[C@]12C. The van der Waals surface area contributed by atoms with Crippen molar-refractivity contribution in [3.63, 3.8) is 0 Å². The van der Waals surface area contributed by atoms with E-state index in [0.717, 1.165) is 30.1 Å². The van der Waals surface area contributed by atoms with E-state index in [2.05, 4.69) is 55.0 Å². The molecule has 1 N–H and O–H groups in total. The largest absolute Gasteiger partial charge is 0.393 e. The van der Waals surface area contributed by atoms with E-state index in [9.17, 15) is 5.11 Å². The Balaban J connectivity index is 1.37. The van der Waals surface area contributed by atoms with Crippen LogP contribution in [0.25, 0.3) is 0 Å². The number of rotatable bonds is 6. The lowest BCUT2D eigenvalue weighted by Crippen LogP contribution is -2.57. The molecule has 5 aliphatic rings. The molecule has 0 unspecified atom stereocenters. The number of aliphatic hydroxyl groups is 1. The van der Waals surface area contributed by atoms with Gasteiger partial charge in [-0.3, -0.25) is 0 Å². The summed E-state index contributed by atoms with van der Waals surface area (Å²) in [5, 5.41) is 10.9. The Labute approximate surface area is 205 Å². The summed E-state index contributed by atoms with van der Waals surface area (Å²) in [7, 11) is 0. The number of hydrogen-bond acceptors (Lipinski definition) is 1.